The highest BCUT2D eigenvalue weighted by Gasteiger charge is 2.15. The predicted molar refractivity (Wildman–Crippen MR) is 111 cm³/mol. The van der Waals surface area contributed by atoms with Crippen molar-refractivity contribution in [3.8, 4) is 0 Å². The topological polar surface area (TPSA) is 52.2 Å². The summed E-state index contributed by atoms with van der Waals surface area (Å²) in [6.45, 7) is 8.00. The van der Waals surface area contributed by atoms with Crippen molar-refractivity contribution in [3.63, 3.8) is 0 Å². The van der Waals surface area contributed by atoms with E-state index in [1.807, 2.05) is 70.2 Å². The number of hydrogen-bond donors (Lipinski definition) is 0. The first-order valence-corrected chi connectivity index (χ1v) is 9.53. The summed E-state index contributed by atoms with van der Waals surface area (Å²) in [6, 6.07) is 17.9. The van der Waals surface area contributed by atoms with Crippen LogP contribution in [0.4, 0.5) is 0 Å². The fourth-order valence-corrected chi connectivity index (χ4v) is 2.48. The van der Waals surface area contributed by atoms with Crippen LogP contribution in [0.3, 0.4) is 0 Å². The van der Waals surface area contributed by atoms with Crippen LogP contribution in [0.2, 0.25) is 5.02 Å². The van der Waals surface area contributed by atoms with Crippen molar-refractivity contribution in [2.45, 2.75) is 40.5 Å². The molecule has 0 aliphatic carbocycles. The lowest BCUT2D eigenvalue weighted by molar-refractivity contribution is 0.0781. The van der Waals surface area contributed by atoms with Gasteiger partial charge in [-0.05, 0) is 23.3 Å². The van der Waals surface area contributed by atoms with E-state index < -0.39 is 5.63 Å². The summed E-state index contributed by atoms with van der Waals surface area (Å²) in [7, 11) is 0. The van der Waals surface area contributed by atoms with Crippen LogP contribution in [0.5, 0.6) is 0 Å². The molecule has 1 heterocycles. The molecule has 5 heteroatoms. The van der Waals surface area contributed by atoms with E-state index in [4.69, 9.17) is 16.1 Å². The van der Waals surface area contributed by atoms with Gasteiger partial charge in [-0.1, -0.05) is 81.8 Å². The number of carbonyl (C=O) groups is 1. The Morgan fingerprint density at radius 3 is 2.11 bits per heavy atom. The Bertz CT molecular complexity index is 865. The molecule has 0 saturated heterocycles. The van der Waals surface area contributed by atoms with Crippen LogP contribution in [-0.2, 0) is 12.8 Å². The SMILES string of the molecule is CC.CC.O=C(Cc1ccccc1)n1oc(=O)cc1Cc1ccc(Cl)cc1. The maximum Gasteiger partial charge on any atom is 0.358 e. The Labute approximate surface area is 165 Å². The van der Waals surface area contributed by atoms with Crippen LogP contribution in [0, 0.1) is 0 Å². The number of aromatic nitrogens is 1. The zero-order valence-corrected chi connectivity index (χ0v) is 17.0. The van der Waals surface area contributed by atoms with Crippen LogP contribution in [0.1, 0.15) is 49.3 Å². The summed E-state index contributed by atoms with van der Waals surface area (Å²) < 4.78 is 6.12. The number of nitrogens with zero attached hydrogens (tertiary/aromatic N) is 1. The quantitative estimate of drug-likeness (QED) is 0.583. The molecule has 1 aromatic heterocycles. The Morgan fingerprint density at radius 1 is 0.926 bits per heavy atom. The van der Waals surface area contributed by atoms with Crippen molar-refractivity contribution in [1.29, 1.82) is 0 Å². The summed E-state index contributed by atoms with van der Waals surface area (Å²) in [6.07, 6.45) is 0.593. The van der Waals surface area contributed by atoms with Crippen LogP contribution in [0.25, 0.3) is 0 Å². The minimum atomic E-state index is -0.532. The largest absolute Gasteiger partial charge is 0.358 e. The van der Waals surface area contributed by atoms with Gasteiger partial charge in [0.05, 0.1) is 12.1 Å². The van der Waals surface area contributed by atoms with Gasteiger partial charge in [-0.15, -0.1) is 4.74 Å². The van der Waals surface area contributed by atoms with Gasteiger partial charge in [0.15, 0.2) is 0 Å². The van der Waals surface area contributed by atoms with Crippen LogP contribution in [0.15, 0.2) is 70.0 Å². The van der Waals surface area contributed by atoms with Gasteiger partial charge in [0, 0.05) is 17.5 Å². The molecule has 144 valence electrons. The van der Waals surface area contributed by atoms with Gasteiger partial charge in [-0.25, -0.2) is 4.79 Å². The number of benzene rings is 2. The normalized spacial score (nSPS) is 9.52. The molecule has 4 nitrogen and oxygen atoms in total. The summed E-state index contributed by atoms with van der Waals surface area (Å²) in [5, 5.41) is 0.637. The number of hydrogen-bond acceptors (Lipinski definition) is 3. The lowest BCUT2D eigenvalue weighted by Crippen LogP contribution is -2.16. The van der Waals surface area contributed by atoms with E-state index in [0.29, 0.717) is 17.1 Å². The van der Waals surface area contributed by atoms with Gasteiger partial charge in [0.2, 0.25) is 0 Å². The molecule has 0 aliphatic heterocycles. The highest BCUT2D eigenvalue weighted by molar-refractivity contribution is 6.30. The predicted octanol–water partition coefficient (Wildman–Crippen LogP) is 5.62. The number of rotatable bonds is 4. The third-order valence-electron chi connectivity index (χ3n) is 3.45. The Hall–Kier alpha value is -2.59. The molecule has 0 amide bonds. The molecule has 0 radical (unpaired) electrons. The highest BCUT2D eigenvalue weighted by atomic mass is 35.5. The molecule has 27 heavy (non-hydrogen) atoms. The van der Waals surface area contributed by atoms with E-state index >= 15 is 0 Å². The van der Waals surface area contributed by atoms with Crippen molar-refractivity contribution in [1.82, 2.24) is 4.74 Å². The average Bonchev–Trinajstić information content (AvgIpc) is 3.08. The fourth-order valence-electron chi connectivity index (χ4n) is 2.36. The lowest BCUT2D eigenvalue weighted by Gasteiger charge is -2.06. The summed E-state index contributed by atoms with van der Waals surface area (Å²) in [4.78, 5) is 24.0. The van der Waals surface area contributed by atoms with Gasteiger partial charge in [-0.2, -0.15) is 0 Å². The third-order valence-corrected chi connectivity index (χ3v) is 3.70. The standard InChI is InChI=1S/C18H14ClNO3.2C2H6/c19-15-8-6-14(7-9-15)10-16-12-18(22)23-20(16)17(21)11-13-4-2-1-3-5-13;2*1-2/h1-9,12H,10-11H2;2*1-2H3. The first-order chi connectivity index (χ1) is 13.1. The van der Waals surface area contributed by atoms with Crippen molar-refractivity contribution in [2.24, 2.45) is 0 Å². The molecule has 2 aromatic carbocycles. The molecular weight excluding hydrogens is 362 g/mol. The molecule has 0 spiro atoms. The lowest BCUT2D eigenvalue weighted by atomic mass is 10.1. The van der Waals surface area contributed by atoms with Crippen molar-refractivity contribution < 1.29 is 9.32 Å². The second kappa shape index (κ2) is 11.9. The van der Waals surface area contributed by atoms with E-state index in [1.165, 1.54) is 6.07 Å². The van der Waals surface area contributed by atoms with E-state index in [2.05, 4.69) is 0 Å². The van der Waals surface area contributed by atoms with E-state index in [-0.39, 0.29) is 12.3 Å². The van der Waals surface area contributed by atoms with Gasteiger partial charge in [0.25, 0.3) is 5.91 Å². The Morgan fingerprint density at radius 2 is 1.52 bits per heavy atom. The monoisotopic (exact) mass is 387 g/mol. The minimum absolute atomic E-state index is 0.173. The smallest absolute Gasteiger partial charge is 0.329 e. The van der Waals surface area contributed by atoms with E-state index in [0.717, 1.165) is 15.9 Å². The summed E-state index contributed by atoms with van der Waals surface area (Å²) >= 11 is 5.86. The molecule has 0 fully saturated rings. The summed E-state index contributed by atoms with van der Waals surface area (Å²) in [5.41, 5.74) is 1.80. The van der Waals surface area contributed by atoms with Crippen LogP contribution < -0.4 is 5.63 Å². The molecule has 3 aromatic rings. The maximum atomic E-state index is 12.4. The molecule has 0 aliphatic rings. The molecule has 0 saturated carbocycles. The van der Waals surface area contributed by atoms with Gasteiger partial charge < -0.3 is 4.52 Å². The Kier molecular flexibility index (Phi) is 9.91. The maximum absolute atomic E-state index is 12.4. The Balaban J connectivity index is 0.000000855. The number of halogens is 1. The second-order valence-electron chi connectivity index (χ2n) is 5.20. The zero-order valence-electron chi connectivity index (χ0n) is 16.2. The summed E-state index contributed by atoms with van der Waals surface area (Å²) in [5.74, 6) is -0.276. The van der Waals surface area contributed by atoms with Crippen molar-refractivity contribution in [2.75, 3.05) is 0 Å². The van der Waals surface area contributed by atoms with Crippen LogP contribution in [-0.4, -0.2) is 10.6 Å². The second-order valence-corrected chi connectivity index (χ2v) is 5.64. The minimum Gasteiger partial charge on any atom is -0.329 e. The first kappa shape index (κ1) is 22.5. The van der Waals surface area contributed by atoms with Gasteiger partial charge in [0.1, 0.15) is 0 Å². The molecular formula is C22H26ClNO3. The van der Waals surface area contributed by atoms with Gasteiger partial charge >= 0.3 is 5.63 Å². The molecule has 3 rings (SSSR count). The van der Waals surface area contributed by atoms with E-state index in [9.17, 15) is 9.59 Å². The fraction of sp³-hybridized carbons (Fsp3) is 0.273. The first-order valence-electron chi connectivity index (χ1n) is 9.15. The van der Waals surface area contributed by atoms with Crippen molar-refractivity contribution in [3.05, 3.63) is 92.9 Å². The number of carbonyl (C=O) groups excluding carboxylic acids is 1. The molecule has 0 bridgehead atoms. The molecule has 0 N–H and O–H groups in total. The van der Waals surface area contributed by atoms with Crippen molar-refractivity contribution >= 4 is 17.5 Å². The van der Waals surface area contributed by atoms with E-state index in [1.54, 1.807) is 12.1 Å². The third kappa shape index (κ3) is 6.91. The highest BCUT2D eigenvalue weighted by Crippen LogP contribution is 2.14. The van der Waals surface area contributed by atoms with Gasteiger partial charge in [-0.3, -0.25) is 4.79 Å². The average molecular weight is 388 g/mol. The van der Waals surface area contributed by atoms with Crippen LogP contribution >= 0.6 is 11.6 Å². The molecule has 0 unspecified atom stereocenters. The molecule has 0 atom stereocenters. The zero-order chi connectivity index (χ0) is 20.2.